The maximum absolute atomic E-state index is 12.5. The van der Waals surface area contributed by atoms with Crippen molar-refractivity contribution in [2.75, 3.05) is 18.6 Å². The van der Waals surface area contributed by atoms with Crippen molar-refractivity contribution in [3.63, 3.8) is 0 Å². The molecule has 3 nitrogen and oxygen atoms in total. The standard InChI is InChI=1S/C18H19NO2/c1-13-7-8-14(11-17(13)21-2)12-18(20)19-10-9-15-5-3-4-6-16(15)19/h3-8,11H,9-10,12H2,1-2H3. The molecule has 3 rings (SSSR count). The van der Waals surface area contributed by atoms with E-state index in [1.165, 1.54) is 5.56 Å². The van der Waals surface area contributed by atoms with Crippen molar-refractivity contribution in [1.82, 2.24) is 0 Å². The molecule has 0 aliphatic carbocycles. The minimum atomic E-state index is 0.144. The predicted molar refractivity (Wildman–Crippen MR) is 83.9 cm³/mol. The monoisotopic (exact) mass is 281 g/mol. The number of ether oxygens (including phenoxy) is 1. The Morgan fingerprint density at radius 3 is 2.86 bits per heavy atom. The highest BCUT2D eigenvalue weighted by Gasteiger charge is 2.24. The van der Waals surface area contributed by atoms with Crippen LogP contribution in [0.4, 0.5) is 5.69 Å². The summed E-state index contributed by atoms with van der Waals surface area (Å²) in [7, 11) is 1.66. The molecule has 2 aromatic rings. The van der Waals surface area contributed by atoms with Gasteiger partial charge in [0.15, 0.2) is 0 Å². The van der Waals surface area contributed by atoms with Gasteiger partial charge in [-0.25, -0.2) is 0 Å². The van der Waals surface area contributed by atoms with E-state index in [1.54, 1.807) is 7.11 Å². The molecule has 0 spiro atoms. The van der Waals surface area contributed by atoms with Crippen LogP contribution >= 0.6 is 0 Å². The van der Waals surface area contributed by atoms with Gasteiger partial charge >= 0.3 is 0 Å². The Kier molecular flexibility index (Phi) is 3.65. The minimum Gasteiger partial charge on any atom is -0.496 e. The number of hydrogen-bond acceptors (Lipinski definition) is 2. The molecule has 0 bridgehead atoms. The number of para-hydroxylation sites is 1. The summed E-state index contributed by atoms with van der Waals surface area (Å²) in [4.78, 5) is 14.4. The first kappa shape index (κ1) is 13.7. The summed E-state index contributed by atoms with van der Waals surface area (Å²) in [6.07, 6.45) is 1.35. The first-order chi connectivity index (χ1) is 10.2. The summed E-state index contributed by atoms with van der Waals surface area (Å²) >= 11 is 0. The lowest BCUT2D eigenvalue weighted by atomic mass is 10.1. The van der Waals surface area contributed by atoms with Gasteiger partial charge in [-0.15, -0.1) is 0 Å². The Morgan fingerprint density at radius 2 is 2.05 bits per heavy atom. The van der Waals surface area contributed by atoms with E-state index in [0.717, 1.165) is 35.5 Å². The predicted octanol–water partition coefficient (Wildman–Crippen LogP) is 3.14. The summed E-state index contributed by atoms with van der Waals surface area (Å²) in [5.41, 5.74) is 4.39. The number of amides is 1. The van der Waals surface area contributed by atoms with Gasteiger partial charge < -0.3 is 9.64 Å². The molecule has 1 amide bonds. The molecule has 0 aromatic heterocycles. The van der Waals surface area contributed by atoms with Gasteiger partial charge in [-0.05, 0) is 42.2 Å². The molecule has 2 aromatic carbocycles. The van der Waals surface area contributed by atoms with Crippen LogP contribution in [0.2, 0.25) is 0 Å². The van der Waals surface area contributed by atoms with Gasteiger partial charge in [-0.2, -0.15) is 0 Å². The van der Waals surface area contributed by atoms with Gasteiger partial charge in [0.05, 0.1) is 13.5 Å². The van der Waals surface area contributed by atoms with E-state index in [0.29, 0.717) is 6.42 Å². The second-order valence-corrected chi connectivity index (χ2v) is 5.40. The van der Waals surface area contributed by atoms with Crippen molar-refractivity contribution < 1.29 is 9.53 Å². The van der Waals surface area contributed by atoms with Gasteiger partial charge in [0.1, 0.15) is 5.75 Å². The van der Waals surface area contributed by atoms with E-state index >= 15 is 0 Å². The van der Waals surface area contributed by atoms with Crippen LogP contribution < -0.4 is 9.64 Å². The van der Waals surface area contributed by atoms with Crippen LogP contribution in [-0.2, 0) is 17.6 Å². The molecule has 0 saturated carbocycles. The number of nitrogens with zero attached hydrogens (tertiary/aromatic N) is 1. The zero-order chi connectivity index (χ0) is 14.8. The molecule has 0 unspecified atom stereocenters. The van der Waals surface area contributed by atoms with Crippen LogP contribution in [0.1, 0.15) is 16.7 Å². The van der Waals surface area contributed by atoms with Gasteiger partial charge in [0.2, 0.25) is 5.91 Å². The largest absolute Gasteiger partial charge is 0.496 e. The van der Waals surface area contributed by atoms with Crippen LogP contribution in [0.25, 0.3) is 0 Å². The van der Waals surface area contributed by atoms with Gasteiger partial charge in [0, 0.05) is 12.2 Å². The molecule has 0 N–H and O–H groups in total. The number of fused-ring (bicyclic) bond motifs is 1. The fraction of sp³-hybridized carbons (Fsp3) is 0.278. The lowest BCUT2D eigenvalue weighted by Gasteiger charge is -2.17. The average molecular weight is 281 g/mol. The highest BCUT2D eigenvalue weighted by atomic mass is 16.5. The molecule has 1 aliphatic rings. The van der Waals surface area contributed by atoms with Crippen LogP contribution in [-0.4, -0.2) is 19.6 Å². The van der Waals surface area contributed by atoms with Crippen LogP contribution in [0.5, 0.6) is 5.75 Å². The van der Waals surface area contributed by atoms with E-state index in [4.69, 9.17) is 4.74 Å². The van der Waals surface area contributed by atoms with E-state index in [2.05, 4.69) is 6.07 Å². The average Bonchev–Trinajstić information content (AvgIpc) is 2.93. The van der Waals surface area contributed by atoms with Crippen molar-refractivity contribution >= 4 is 11.6 Å². The van der Waals surface area contributed by atoms with Gasteiger partial charge in [-0.1, -0.05) is 30.3 Å². The van der Waals surface area contributed by atoms with Crippen molar-refractivity contribution in [3.05, 3.63) is 59.2 Å². The number of benzene rings is 2. The molecule has 0 atom stereocenters. The molecular formula is C18H19NO2. The molecule has 21 heavy (non-hydrogen) atoms. The van der Waals surface area contributed by atoms with E-state index in [-0.39, 0.29) is 5.91 Å². The van der Waals surface area contributed by atoms with E-state index < -0.39 is 0 Å². The number of hydrogen-bond donors (Lipinski definition) is 0. The molecule has 3 heteroatoms. The lowest BCUT2D eigenvalue weighted by molar-refractivity contribution is -0.117. The fourth-order valence-electron chi connectivity index (χ4n) is 2.84. The lowest BCUT2D eigenvalue weighted by Crippen LogP contribution is -2.30. The second-order valence-electron chi connectivity index (χ2n) is 5.40. The molecule has 1 aliphatic heterocycles. The maximum Gasteiger partial charge on any atom is 0.231 e. The number of carbonyl (C=O) groups is 1. The Hall–Kier alpha value is -2.29. The summed E-state index contributed by atoms with van der Waals surface area (Å²) in [6, 6.07) is 14.1. The topological polar surface area (TPSA) is 29.5 Å². The zero-order valence-electron chi connectivity index (χ0n) is 12.4. The molecule has 1 heterocycles. The van der Waals surface area contributed by atoms with Crippen molar-refractivity contribution in [3.8, 4) is 5.75 Å². The van der Waals surface area contributed by atoms with Gasteiger partial charge in [-0.3, -0.25) is 4.79 Å². The van der Waals surface area contributed by atoms with Gasteiger partial charge in [0.25, 0.3) is 0 Å². The summed E-state index contributed by atoms with van der Waals surface area (Å²) in [5.74, 6) is 0.980. The number of methoxy groups -OCH3 is 1. The number of anilines is 1. The molecule has 0 saturated heterocycles. The van der Waals surface area contributed by atoms with Crippen LogP contribution in [0.15, 0.2) is 42.5 Å². The minimum absolute atomic E-state index is 0.144. The SMILES string of the molecule is COc1cc(CC(=O)N2CCc3ccccc32)ccc1C. The third-order valence-corrected chi connectivity index (χ3v) is 4.02. The molecule has 108 valence electrons. The zero-order valence-corrected chi connectivity index (χ0v) is 12.4. The summed E-state index contributed by atoms with van der Waals surface area (Å²) < 4.78 is 5.32. The highest BCUT2D eigenvalue weighted by molar-refractivity contribution is 5.96. The summed E-state index contributed by atoms with van der Waals surface area (Å²) in [5, 5.41) is 0. The quantitative estimate of drug-likeness (QED) is 0.865. The van der Waals surface area contributed by atoms with Crippen molar-refractivity contribution in [2.45, 2.75) is 19.8 Å². The maximum atomic E-state index is 12.5. The van der Waals surface area contributed by atoms with Crippen LogP contribution in [0, 0.1) is 6.92 Å². The normalized spacial score (nSPS) is 13.1. The fourth-order valence-corrected chi connectivity index (χ4v) is 2.84. The smallest absolute Gasteiger partial charge is 0.231 e. The third-order valence-electron chi connectivity index (χ3n) is 4.02. The molecular weight excluding hydrogens is 262 g/mol. The molecule has 0 radical (unpaired) electrons. The number of carbonyl (C=O) groups excluding carboxylic acids is 1. The van der Waals surface area contributed by atoms with Crippen molar-refractivity contribution in [2.24, 2.45) is 0 Å². The van der Waals surface area contributed by atoms with E-state index in [9.17, 15) is 4.79 Å². The highest BCUT2D eigenvalue weighted by Crippen LogP contribution is 2.28. The Morgan fingerprint density at radius 1 is 1.24 bits per heavy atom. The third kappa shape index (κ3) is 2.64. The van der Waals surface area contributed by atoms with Crippen molar-refractivity contribution in [1.29, 1.82) is 0 Å². The Bertz CT molecular complexity index is 679. The second kappa shape index (κ2) is 5.60. The number of rotatable bonds is 3. The van der Waals surface area contributed by atoms with Crippen LogP contribution in [0.3, 0.4) is 0 Å². The first-order valence-electron chi connectivity index (χ1n) is 7.21. The molecule has 0 fully saturated rings. The Labute approximate surface area is 125 Å². The Balaban J connectivity index is 1.79. The number of aryl methyl sites for hydroxylation is 1. The summed E-state index contributed by atoms with van der Waals surface area (Å²) in [6.45, 7) is 2.78. The van der Waals surface area contributed by atoms with E-state index in [1.807, 2.05) is 48.2 Å². The first-order valence-corrected chi connectivity index (χ1v) is 7.21.